The highest BCUT2D eigenvalue weighted by Crippen LogP contribution is 2.27. The SMILES string of the molecule is Cl.N[C@@H](C[C@@H](O)c1ccc(Cl)cc1)C(F)(F)F. The van der Waals surface area contributed by atoms with Crippen LogP contribution >= 0.6 is 24.0 Å². The van der Waals surface area contributed by atoms with Crippen molar-refractivity contribution in [3.8, 4) is 0 Å². The van der Waals surface area contributed by atoms with Gasteiger partial charge in [-0.3, -0.25) is 0 Å². The van der Waals surface area contributed by atoms with Crippen molar-refractivity contribution in [3.63, 3.8) is 0 Å². The summed E-state index contributed by atoms with van der Waals surface area (Å²) >= 11 is 5.61. The molecule has 1 aromatic rings. The fourth-order valence-corrected chi connectivity index (χ4v) is 1.32. The number of aliphatic hydroxyl groups excluding tert-OH is 1. The van der Waals surface area contributed by atoms with Crippen molar-refractivity contribution in [2.75, 3.05) is 0 Å². The van der Waals surface area contributed by atoms with Crippen molar-refractivity contribution in [3.05, 3.63) is 34.9 Å². The molecule has 0 fully saturated rings. The topological polar surface area (TPSA) is 46.2 Å². The lowest BCUT2D eigenvalue weighted by Crippen LogP contribution is -2.38. The summed E-state index contributed by atoms with van der Waals surface area (Å²) in [5.41, 5.74) is 5.27. The van der Waals surface area contributed by atoms with Gasteiger partial charge in [0.2, 0.25) is 0 Å². The van der Waals surface area contributed by atoms with Gasteiger partial charge in [0.05, 0.1) is 6.10 Å². The molecule has 0 heterocycles. The van der Waals surface area contributed by atoms with E-state index in [1.54, 1.807) is 0 Å². The highest BCUT2D eigenvalue weighted by Gasteiger charge is 2.37. The summed E-state index contributed by atoms with van der Waals surface area (Å²) in [7, 11) is 0. The van der Waals surface area contributed by atoms with Gasteiger partial charge >= 0.3 is 6.18 Å². The Kier molecular flexibility index (Phi) is 6.26. The van der Waals surface area contributed by atoms with Crippen LogP contribution in [0, 0.1) is 0 Å². The zero-order valence-corrected chi connectivity index (χ0v) is 10.2. The summed E-state index contributed by atoms with van der Waals surface area (Å²) in [6.07, 6.45) is -6.30. The Bertz CT molecular complexity index is 342. The number of benzene rings is 1. The molecule has 0 aliphatic carbocycles. The predicted molar refractivity (Wildman–Crippen MR) is 62.3 cm³/mol. The normalized spacial score (nSPS) is 14.9. The van der Waals surface area contributed by atoms with Gasteiger partial charge in [0.1, 0.15) is 6.04 Å². The fourth-order valence-electron chi connectivity index (χ4n) is 1.20. The molecule has 98 valence electrons. The van der Waals surface area contributed by atoms with Crippen LogP contribution in [-0.2, 0) is 0 Å². The maximum Gasteiger partial charge on any atom is 0.403 e. The molecule has 7 heteroatoms. The fraction of sp³-hybridized carbons (Fsp3) is 0.400. The lowest BCUT2D eigenvalue weighted by atomic mass is 10.0. The van der Waals surface area contributed by atoms with Crippen molar-refractivity contribution in [1.29, 1.82) is 0 Å². The molecule has 0 unspecified atom stereocenters. The summed E-state index contributed by atoms with van der Waals surface area (Å²) in [4.78, 5) is 0. The van der Waals surface area contributed by atoms with E-state index < -0.39 is 24.7 Å². The molecule has 0 aliphatic heterocycles. The molecule has 17 heavy (non-hydrogen) atoms. The molecule has 0 saturated heterocycles. The maximum atomic E-state index is 12.1. The first kappa shape index (κ1) is 16.5. The van der Waals surface area contributed by atoms with Crippen LogP contribution in [0.5, 0.6) is 0 Å². The largest absolute Gasteiger partial charge is 0.403 e. The Balaban J connectivity index is 0.00000256. The Morgan fingerprint density at radius 1 is 1.24 bits per heavy atom. The average molecular weight is 290 g/mol. The Labute approximate surface area is 108 Å². The van der Waals surface area contributed by atoms with Crippen molar-refractivity contribution >= 4 is 24.0 Å². The highest BCUT2D eigenvalue weighted by atomic mass is 35.5. The van der Waals surface area contributed by atoms with Crippen LogP contribution in [-0.4, -0.2) is 17.3 Å². The zero-order valence-electron chi connectivity index (χ0n) is 8.62. The minimum absolute atomic E-state index is 0. The minimum atomic E-state index is -4.49. The Hall–Kier alpha value is -0.490. The maximum absolute atomic E-state index is 12.1. The molecule has 1 rings (SSSR count). The third kappa shape index (κ3) is 5.12. The standard InChI is InChI=1S/C10H11ClF3NO.ClH/c11-7-3-1-6(2-4-7)8(16)5-9(15)10(12,13)14;/h1-4,8-9,16H,5,15H2;1H/t8-,9+;/m1./s1. The van der Waals surface area contributed by atoms with Gasteiger partial charge in [-0.2, -0.15) is 13.2 Å². The highest BCUT2D eigenvalue weighted by molar-refractivity contribution is 6.30. The van der Waals surface area contributed by atoms with Gasteiger partial charge in [0, 0.05) is 11.4 Å². The van der Waals surface area contributed by atoms with E-state index in [1.165, 1.54) is 24.3 Å². The van der Waals surface area contributed by atoms with Gasteiger partial charge in [-0.05, 0) is 17.7 Å². The second-order valence-corrected chi connectivity index (χ2v) is 3.89. The lowest BCUT2D eigenvalue weighted by molar-refractivity contribution is -0.153. The first-order valence-electron chi connectivity index (χ1n) is 4.56. The summed E-state index contributed by atoms with van der Waals surface area (Å²) in [6, 6.07) is 3.91. The molecule has 3 N–H and O–H groups in total. The van der Waals surface area contributed by atoms with Crippen LogP contribution < -0.4 is 5.73 Å². The second-order valence-electron chi connectivity index (χ2n) is 3.45. The van der Waals surface area contributed by atoms with E-state index in [4.69, 9.17) is 17.3 Å². The molecule has 0 saturated carbocycles. The van der Waals surface area contributed by atoms with E-state index in [9.17, 15) is 18.3 Å². The number of alkyl halides is 3. The zero-order chi connectivity index (χ0) is 12.3. The van der Waals surface area contributed by atoms with E-state index in [-0.39, 0.29) is 12.4 Å². The van der Waals surface area contributed by atoms with Crippen molar-refractivity contribution in [1.82, 2.24) is 0 Å². The molecular formula is C10H12Cl2F3NO. The number of nitrogens with two attached hydrogens (primary N) is 1. The number of hydrogen-bond donors (Lipinski definition) is 2. The quantitative estimate of drug-likeness (QED) is 0.898. The van der Waals surface area contributed by atoms with Crippen LogP contribution in [0.2, 0.25) is 5.02 Å². The first-order chi connectivity index (χ1) is 7.30. The van der Waals surface area contributed by atoms with Crippen LogP contribution in [0.4, 0.5) is 13.2 Å². The summed E-state index contributed by atoms with van der Waals surface area (Å²) < 4.78 is 36.4. The van der Waals surface area contributed by atoms with E-state index in [1.807, 2.05) is 0 Å². The van der Waals surface area contributed by atoms with Gasteiger partial charge in [0.15, 0.2) is 0 Å². The van der Waals surface area contributed by atoms with Gasteiger partial charge in [0.25, 0.3) is 0 Å². The smallest absolute Gasteiger partial charge is 0.388 e. The Morgan fingerprint density at radius 2 is 1.71 bits per heavy atom. The second kappa shape index (κ2) is 6.44. The average Bonchev–Trinajstić information content (AvgIpc) is 2.17. The van der Waals surface area contributed by atoms with E-state index in [0.29, 0.717) is 10.6 Å². The third-order valence-electron chi connectivity index (χ3n) is 2.15. The van der Waals surface area contributed by atoms with E-state index >= 15 is 0 Å². The van der Waals surface area contributed by atoms with E-state index in [0.717, 1.165) is 0 Å². The summed E-state index contributed by atoms with van der Waals surface area (Å²) in [5.74, 6) is 0. The van der Waals surface area contributed by atoms with E-state index in [2.05, 4.69) is 0 Å². The number of rotatable bonds is 3. The van der Waals surface area contributed by atoms with Crippen LogP contribution in [0.25, 0.3) is 0 Å². The molecule has 1 aromatic carbocycles. The van der Waals surface area contributed by atoms with Gasteiger partial charge in [-0.25, -0.2) is 0 Å². The van der Waals surface area contributed by atoms with Crippen LogP contribution in [0.15, 0.2) is 24.3 Å². The predicted octanol–water partition coefficient (Wildman–Crippen LogP) is 3.07. The molecule has 0 amide bonds. The Morgan fingerprint density at radius 3 is 2.12 bits per heavy atom. The first-order valence-corrected chi connectivity index (χ1v) is 4.94. The molecular weight excluding hydrogens is 278 g/mol. The van der Waals surface area contributed by atoms with Gasteiger partial charge < -0.3 is 10.8 Å². The molecule has 0 aromatic heterocycles. The number of hydrogen-bond acceptors (Lipinski definition) is 2. The molecule has 0 bridgehead atoms. The number of halogens is 5. The molecule has 2 atom stereocenters. The molecule has 0 spiro atoms. The van der Waals surface area contributed by atoms with Crippen LogP contribution in [0.3, 0.4) is 0 Å². The monoisotopic (exact) mass is 289 g/mol. The number of aliphatic hydroxyl groups is 1. The van der Waals surface area contributed by atoms with Gasteiger partial charge in [-0.15, -0.1) is 12.4 Å². The van der Waals surface area contributed by atoms with Gasteiger partial charge in [-0.1, -0.05) is 23.7 Å². The van der Waals surface area contributed by atoms with Crippen molar-refractivity contribution in [2.24, 2.45) is 5.73 Å². The van der Waals surface area contributed by atoms with Crippen molar-refractivity contribution in [2.45, 2.75) is 24.7 Å². The molecule has 0 aliphatic rings. The van der Waals surface area contributed by atoms with Crippen LogP contribution in [0.1, 0.15) is 18.1 Å². The summed E-state index contributed by atoms with van der Waals surface area (Å²) in [6.45, 7) is 0. The molecule has 2 nitrogen and oxygen atoms in total. The van der Waals surface area contributed by atoms with Crippen molar-refractivity contribution < 1.29 is 18.3 Å². The third-order valence-corrected chi connectivity index (χ3v) is 2.40. The minimum Gasteiger partial charge on any atom is -0.388 e. The lowest BCUT2D eigenvalue weighted by Gasteiger charge is -2.19. The molecule has 0 radical (unpaired) electrons. The summed E-state index contributed by atoms with van der Waals surface area (Å²) in [5, 5.41) is 9.98.